The Hall–Kier alpha value is -1.26. The fourth-order valence-corrected chi connectivity index (χ4v) is 1.27. The van der Waals surface area contributed by atoms with Gasteiger partial charge in [0.25, 0.3) is 0 Å². The molecule has 0 unspecified atom stereocenters. The van der Waals surface area contributed by atoms with E-state index in [9.17, 15) is 9.59 Å². The Bertz CT molecular complexity index is 253. The molecule has 5 heteroatoms. The van der Waals surface area contributed by atoms with Gasteiger partial charge in [0.1, 0.15) is 6.04 Å². The van der Waals surface area contributed by atoms with Crippen molar-refractivity contribution in [3.8, 4) is 0 Å². The molecular weight excluding hydrogens is 234 g/mol. The molecule has 0 rings (SSSR count). The first-order valence-electron chi connectivity index (χ1n) is 6.62. The number of carbonyl (C=O) groups excluding carboxylic acids is 2. The third-order valence-corrected chi connectivity index (χ3v) is 2.37. The predicted octanol–water partition coefficient (Wildman–Crippen LogP) is 2.49. The third kappa shape index (κ3) is 7.14. The van der Waals surface area contributed by atoms with E-state index in [2.05, 4.69) is 5.32 Å². The van der Waals surface area contributed by atoms with E-state index in [1.165, 1.54) is 0 Å². The maximum atomic E-state index is 11.8. The number of rotatable bonds is 8. The van der Waals surface area contributed by atoms with Crippen LogP contribution in [0.1, 0.15) is 47.0 Å². The summed E-state index contributed by atoms with van der Waals surface area (Å²) >= 11 is 0. The van der Waals surface area contributed by atoms with Crippen molar-refractivity contribution in [2.75, 3.05) is 13.2 Å². The second kappa shape index (κ2) is 9.74. The lowest BCUT2D eigenvalue weighted by Crippen LogP contribution is -2.45. The fourth-order valence-electron chi connectivity index (χ4n) is 1.27. The standard InChI is InChI=1S/C13H25NO4/c1-5-7-9-17-12(15)11(10(3)4)14-13(16)18-8-6-2/h10-11H,5-9H2,1-4H3,(H,14,16)/t11-/m0/s1. The molecule has 106 valence electrons. The van der Waals surface area contributed by atoms with Crippen molar-refractivity contribution in [3.05, 3.63) is 0 Å². The zero-order valence-electron chi connectivity index (χ0n) is 11.8. The lowest BCUT2D eigenvalue weighted by atomic mass is 10.1. The van der Waals surface area contributed by atoms with Gasteiger partial charge in [-0.1, -0.05) is 34.1 Å². The third-order valence-electron chi connectivity index (χ3n) is 2.37. The Morgan fingerprint density at radius 3 is 2.22 bits per heavy atom. The van der Waals surface area contributed by atoms with Gasteiger partial charge in [0, 0.05) is 0 Å². The monoisotopic (exact) mass is 259 g/mol. The summed E-state index contributed by atoms with van der Waals surface area (Å²) in [6, 6.07) is -0.647. The van der Waals surface area contributed by atoms with Crippen LogP contribution in [0.15, 0.2) is 0 Å². The second-order valence-electron chi connectivity index (χ2n) is 4.52. The fraction of sp³-hybridized carbons (Fsp3) is 0.846. The maximum absolute atomic E-state index is 11.8. The number of esters is 1. The summed E-state index contributed by atoms with van der Waals surface area (Å²) in [5.74, 6) is -0.430. The van der Waals surface area contributed by atoms with Crippen molar-refractivity contribution in [2.45, 2.75) is 53.0 Å². The number of hydrogen-bond acceptors (Lipinski definition) is 4. The Balaban J connectivity index is 4.20. The topological polar surface area (TPSA) is 64.6 Å². The lowest BCUT2D eigenvalue weighted by molar-refractivity contribution is -0.147. The van der Waals surface area contributed by atoms with E-state index in [4.69, 9.17) is 9.47 Å². The highest BCUT2D eigenvalue weighted by atomic mass is 16.6. The lowest BCUT2D eigenvalue weighted by Gasteiger charge is -2.20. The molecule has 0 fully saturated rings. The van der Waals surface area contributed by atoms with Gasteiger partial charge in [-0.3, -0.25) is 0 Å². The second-order valence-corrected chi connectivity index (χ2v) is 4.52. The number of ether oxygens (including phenoxy) is 2. The Morgan fingerprint density at radius 1 is 1.06 bits per heavy atom. The van der Waals surface area contributed by atoms with Gasteiger partial charge in [0.05, 0.1) is 13.2 Å². The van der Waals surface area contributed by atoms with Gasteiger partial charge in [-0.05, 0) is 18.8 Å². The van der Waals surface area contributed by atoms with Gasteiger partial charge >= 0.3 is 12.1 Å². The van der Waals surface area contributed by atoms with Crippen LogP contribution in [0.25, 0.3) is 0 Å². The van der Waals surface area contributed by atoms with E-state index >= 15 is 0 Å². The van der Waals surface area contributed by atoms with E-state index < -0.39 is 18.1 Å². The van der Waals surface area contributed by atoms with Crippen LogP contribution in [0.5, 0.6) is 0 Å². The molecule has 0 saturated heterocycles. The summed E-state index contributed by atoms with van der Waals surface area (Å²) < 4.78 is 9.99. The quantitative estimate of drug-likeness (QED) is 0.537. The van der Waals surface area contributed by atoms with Crippen LogP contribution in [-0.2, 0) is 14.3 Å². The number of carbonyl (C=O) groups is 2. The SMILES string of the molecule is CCCCOC(=O)[C@@H](NC(=O)OCCC)C(C)C. The molecule has 0 aromatic heterocycles. The first-order chi connectivity index (χ1) is 8.52. The minimum atomic E-state index is -0.647. The predicted molar refractivity (Wildman–Crippen MR) is 69.3 cm³/mol. The molecule has 0 aromatic rings. The zero-order chi connectivity index (χ0) is 14.0. The average molecular weight is 259 g/mol. The molecule has 0 saturated carbocycles. The summed E-state index contributed by atoms with van der Waals surface area (Å²) in [5, 5.41) is 2.54. The highest BCUT2D eigenvalue weighted by Gasteiger charge is 2.26. The molecule has 0 spiro atoms. The van der Waals surface area contributed by atoms with Crippen molar-refractivity contribution in [1.82, 2.24) is 5.32 Å². The van der Waals surface area contributed by atoms with Gasteiger partial charge in [-0.2, -0.15) is 0 Å². The number of hydrogen-bond donors (Lipinski definition) is 1. The van der Waals surface area contributed by atoms with E-state index in [1.807, 2.05) is 27.7 Å². The number of nitrogens with one attached hydrogen (secondary N) is 1. The molecule has 0 heterocycles. The molecule has 0 aromatic carbocycles. The number of unbranched alkanes of at least 4 members (excludes halogenated alkanes) is 1. The molecule has 0 aliphatic carbocycles. The van der Waals surface area contributed by atoms with Gasteiger partial charge < -0.3 is 14.8 Å². The molecule has 5 nitrogen and oxygen atoms in total. The van der Waals surface area contributed by atoms with E-state index in [-0.39, 0.29) is 5.92 Å². The van der Waals surface area contributed by atoms with Gasteiger partial charge in [-0.25, -0.2) is 9.59 Å². The molecular formula is C13H25NO4. The van der Waals surface area contributed by atoms with Crippen LogP contribution in [0.4, 0.5) is 4.79 Å². The Labute approximate surface area is 109 Å². The van der Waals surface area contributed by atoms with Crippen LogP contribution >= 0.6 is 0 Å². The summed E-state index contributed by atoms with van der Waals surface area (Å²) in [5.41, 5.74) is 0. The average Bonchev–Trinajstić information content (AvgIpc) is 2.33. The number of alkyl carbamates (subject to hydrolysis) is 1. The molecule has 1 atom stereocenters. The molecule has 0 aliphatic rings. The minimum Gasteiger partial charge on any atom is -0.464 e. The van der Waals surface area contributed by atoms with E-state index in [0.29, 0.717) is 13.2 Å². The molecule has 1 N–H and O–H groups in total. The van der Waals surface area contributed by atoms with Crippen LogP contribution in [0.3, 0.4) is 0 Å². The maximum Gasteiger partial charge on any atom is 0.407 e. The summed E-state index contributed by atoms with van der Waals surface area (Å²) in [7, 11) is 0. The Kier molecular flexibility index (Phi) is 9.06. The van der Waals surface area contributed by atoms with Crippen LogP contribution in [0, 0.1) is 5.92 Å². The first kappa shape index (κ1) is 16.7. The van der Waals surface area contributed by atoms with Crippen LogP contribution in [0.2, 0.25) is 0 Å². The summed E-state index contributed by atoms with van der Waals surface area (Å²) in [4.78, 5) is 23.2. The van der Waals surface area contributed by atoms with Gasteiger partial charge in [0.15, 0.2) is 0 Å². The molecule has 0 radical (unpaired) electrons. The van der Waals surface area contributed by atoms with Gasteiger partial charge in [-0.15, -0.1) is 0 Å². The Morgan fingerprint density at radius 2 is 1.72 bits per heavy atom. The largest absolute Gasteiger partial charge is 0.464 e. The summed E-state index contributed by atoms with van der Waals surface area (Å²) in [6.45, 7) is 8.38. The normalized spacial score (nSPS) is 12.1. The zero-order valence-corrected chi connectivity index (χ0v) is 11.8. The van der Waals surface area contributed by atoms with Crippen molar-refractivity contribution < 1.29 is 19.1 Å². The molecule has 0 aliphatic heterocycles. The highest BCUT2D eigenvalue weighted by molar-refractivity contribution is 5.81. The molecule has 0 bridgehead atoms. The smallest absolute Gasteiger partial charge is 0.407 e. The van der Waals surface area contributed by atoms with Crippen LogP contribution in [-0.4, -0.2) is 31.3 Å². The molecule has 18 heavy (non-hydrogen) atoms. The molecule has 1 amide bonds. The summed E-state index contributed by atoms with van der Waals surface area (Å²) in [6.07, 6.45) is 1.98. The minimum absolute atomic E-state index is 0.0340. The van der Waals surface area contributed by atoms with Crippen molar-refractivity contribution >= 4 is 12.1 Å². The van der Waals surface area contributed by atoms with Gasteiger partial charge in [0.2, 0.25) is 0 Å². The van der Waals surface area contributed by atoms with Crippen molar-refractivity contribution in [3.63, 3.8) is 0 Å². The van der Waals surface area contributed by atoms with E-state index in [0.717, 1.165) is 19.3 Å². The highest BCUT2D eigenvalue weighted by Crippen LogP contribution is 2.05. The van der Waals surface area contributed by atoms with Crippen molar-refractivity contribution in [2.24, 2.45) is 5.92 Å². The van der Waals surface area contributed by atoms with E-state index in [1.54, 1.807) is 0 Å². The van der Waals surface area contributed by atoms with Crippen molar-refractivity contribution in [1.29, 1.82) is 0 Å². The van der Waals surface area contributed by atoms with Crippen LogP contribution < -0.4 is 5.32 Å². The number of amides is 1. The first-order valence-corrected chi connectivity index (χ1v) is 6.62.